The maximum absolute atomic E-state index is 14.0. The first-order valence-corrected chi connectivity index (χ1v) is 12.4. The van der Waals surface area contributed by atoms with Gasteiger partial charge in [-0.3, -0.25) is 9.59 Å². The fourth-order valence-corrected chi connectivity index (χ4v) is 6.88. The molecule has 0 aromatic heterocycles. The smallest absolute Gasteiger partial charge is 0.307 e. The Kier molecular flexibility index (Phi) is 6.22. The van der Waals surface area contributed by atoms with Crippen LogP contribution in [0.15, 0.2) is 24.3 Å². The molecule has 0 unspecified atom stereocenters. The van der Waals surface area contributed by atoms with E-state index in [1.165, 1.54) is 16.4 Å². The average molecular weight is 463 g/mol. The molecule has 2 aliphatic rings. The number of carboxylic acids is 1. The molecule has 2 fully saturated rings. The van der Waals surface area contributed by atoms with Crippen LogP contribution in [-0.2, 0) is 21.2 Å². The van der Waals surface area contributed by atoms with E-state index in [4.69, 9.17) is 0 Å². The molecule has 9 heteroatoms. The third-order valence-corrected chi connectivity index (χ3v) is 9.03. The van der Waals surface area contributed by atoms with Gasteiger partial charge < -0.3 is 10.0 Å². The number of amides is 1. The van der Waals surface area contributed by atoms with Gasteiger partial charge in [-0.15, -0.1) is 0 Å². The van der Waals surface area contributed by atoms with Crippen molar-refractivity contribution in [3.05, 3.63) is 46.8 Å². The van der Waals surface area contributed by atoms with Crippen LogP contribution in [-0.4, -0.2) is 66.0 Å². The molecule has 1 heterocycles. The van der Waals surface area contributed by atoms with E-state index < -0.39 is 21.8 Å². The summed E-state index contributed by atoms with van der Waals surface area (Å²) < 4.78 is 41.2. The van der Waals surface area contributed by atoms with Crippen LogP contribution < -0.4 is 0 Å². The summed E-state index contributed by atoms with van der Waals surface area (Å²) in [7, 11) is -3.36. The summed E-state index contributed by atoms with van der Waals surface area (Å²) in [6, 6.07) is 5.80. The van der Waals surface area contributed by atoms with Crippen LogP contribution in [0, 0.1) is 12.7 Å². The Morgan fingerprint density at radius 2 is 1.75 bits per heavy atom. The van der Waals surface area contributed by atoms with Crippen LogP contribution in [0.3, 0.4) is 0 Å². The van der Waals surface area contributed by atoms with Gasteiger partial charge in [-0.1, -0.05) is 25.0 Å². The molecule has 1 amide bonds. The number of nitrogens with zero attached hydrogens (tertiary/aromatic N) is 2. The van der Waals surface area contributed by atoms with E-state index in [-0.39, 0.29) is 49.3 Å². The van der Waals surface area contributed by atoms with Gasteiger partial charge in [0.15, 0.2) is 0 Å². The number of carbonyl (C=O) groups excluding carboxylic acids is 1. The van der Waals surface area contributed by atoms with Crippen molar-refractivity contribution in [2.45, 2.75) is 44.3 Å². The minimum atomic E-state index is -3.36. The van der Waals surface area contributed by atoms with Crippen molar-refractivity contribution >= 4 is 32.7 Å². The van der Waals surface area contributed by atoms with Crippen LogP contribution in [0.1, 0.15) is 47.2 Å². The maximum atomic E-state index is 14.0. The number of hydrogen-bond donors (Lipinski definition) is 1. The van der Waals surface area contributed by atoms with Crippen LogP contribution in [0.25, 0.3) is 10.8 Å². The quantitative estimate of drug-likeness (QED) is 0.737. The Morgan fingerprint density at radius 1 is 1.09 bits per heavy atom. The highest BCUT2D eigenvalue weighted by Gasteiger charge is 2.37. The molecule has 0 atom stereocenters. The van der Waals surface area contributed by atoms with Crippen molar-refractivity contribution < 1.29 is 27.5 Å². The average Bonchev–Trinajstić information content (AvgIpc) is 3.30. The van der Waals surface area contributed by atoms with E-state index in [0.717, 1.165) is 12.8 Å². The molecule has 0 spiro atoms. The number of benzene rings is 2. The standard InChI is InChI=1S/C23H27FN2O5S/c1-15-17(13-21(27)28)12-16-6-7-18(24)14-20(16)22(15)23(29)25-8-10-26(11-9-25)32(30,31)19-4-2-3-5-19/h6-7,12,14,19H,2-5,8-11,13H2,1H3,(H,27,28). The van der Waals surface area contributed by atoms with E-state index in [1.54, 1.807) is 24.0 Å². The number of halogens is 1. The lowest BCUT2D eigenvalue weighted by atomic mass is 9.92. The topological polar surface area (TPSA) is 95.0 Å². The van der Waals surface area contributed by atoms with Crippen LogP contribution in [0.2, 0.25) is 0 Å². The zero-order valence-electron chi connectivity index (χ0n) is 18.0. The van der Waals surface area contributed by atoms with Gasteiger partial charge in [-0.05, 0) is 53.8 Å². The van der Waals surface area contributed by atoms with Crippen molar-refractivity contribution in [3.8, 4) is 0 Å². The number of sulfonamides is 1. The molecule has 172 valence electrons. The third kappa shape index (κ3) is 4.23. The van der Waals surface area contributed by atoms with Crippen molar-refractivity contribution in [3.63, 3.8) is 0 Å². The second kappa shape index (κ2) is 8.78. The number of aliphatic carboxylic acids is 1. The van der Waals surface area contributed by atoms with Crippen molar-refractivity contribution in [1.29, 1.82) is 0 Å². The van der Waals surface area contributed by atoms with E-state index in [1.807, 2.05) is 0 Å². The highest BCUT2D eigenvalue weighted by molar-refractivity contribution is 7.89. The fourth-order valence-electron chi connectivity index (χ4n) is 4.85. The third-order valence-electron chi connectivity index (χ3n) is 6.64. The molecule has 4 rings (SSSR count). The summed E-state index contributed by atoms with van der Waals surface area (Å²) >= 11 is 0. The monoisotopic (exact) mass is 462 g/mol. The number of hydrogen-bond acceptors (Lipinski definition) is 4. The second-order valence-corrected chi connectivity index (χ2v) is 10.8. The van der Waals surface area contributed by atoms with Gasteiger partial charge >= 0.3 is 5.97 Å². The summed E-state index contributed by atoms with van der Waals surface area (Å²) in [5, 5.41) is 9.97. The van der Waals surface area contributed by atoms with E-state index in [0.29, 0.717) is 34.7 Å². The number of carbonyl (C=O) groups is 2. The zero-order chi connectivity index (χ0) is 23.0. The summed E-state index contributed by atoms with van der Waals surface area (Å²) in [5.41, 5.74) is 1.30. The molecule has 0 radical (unpaired) electrons. The summed E-state index contributed by atoms with van der Waals surface area (Å²) in [6.07, 6.45) is 2.99. The largest absolute Gasteiger partial charge is 0.481 e. The molecule has 2 aromatic carbocycles. The molecule has 32 heavy (non-hydrogen) atoms. The van der Waals surface area contributed by atoms with Crippen LogP contribution >= 0.6 is 0 Å². The predicted octanol–water partition coefficient (Wildman–Crippen LogP) is 2.94. The SMILES string of the molecule is Cc1c(CC(=O)O)cc2ccc(F)cc2c1C(=O)N1CCN(S(=O)(=O)C2CCCC2)CC1. The molecule has 1 aliphatic heterocycles. The Labute approximate surface area is 186 Å². The van der Waals surface area contributed by atoms with Gasteiger partial charge in [-0.25, -0.2) is 12.8 Å². The number of carboxylic acid groups (broad SMARTS) is 1. The molecule has 1 saturated heterocycles. The highest BCUT2D eigenvalue weighted by atomic mass is 32.2. The van der Waals surface area contributed by atoms with Gasteiger partial charge in [0.1, 0.15) is 5.82 Å². The first kappa shape index (κ1) is 22.7. The lowest BCUT2D eigenvalue weighted by Crippen LogP contribution is -2.52. The zero-order valence-corrected chi connectivity index (χ0v) is 18.8. The number of fused-ring (bicyclic) bond motifs is 1. The second-order valence-electron chi connectivity index (χ2n) is 8.61. The number of piperazine rings is 1. The Bertz CT molecular complexity index is 1170. The fraction of sp³-hybridized carbons (Fsp3) is 0.478. The maximum Gasteiger partial charge on any atom is 0.307 e. The van der Waals surface area contributed by atoms with Crippen LogP contribution in [0.4, 0.5) is 4.39 Å². The van der Waals surface area contributed by atoms with E-state index >= 15 is 0 Å². The van der Waals surface area contributed by atoms with Crippen LogP contribution in [0.5, 0.6) is 0 Å². The van der Waals surface area contributed by atoms with Crippen molar-refractivity contribution in [2.75, 3.05) is 26.2 Å². The lowest BCUT2D eigenvalue weighted by molar-refractivity contribution is -0.136. The molecular weight excluding hydrogens is 435 g/mol. The Balaban J connectivity index is 1.62. The predicted molar refractivity (Wildman–Crippen MR) is 119 cm³/mol. The Morgan fingerprint density at radius 3 is 2.38 bits per heavy atom. The van der Waals surface area contributed by atoms with Gasteiger partial charge in [0.05, 0.1) is 17.2 Å². The molecule has 7 nitrogen and oxygen atoms in total. The van der Waals surface area contributed by atoms with Gasteiger partial charge in [0, 0.05) is 26.2 Å². The van der Waals surface area contributed by atoms with Gasteiger partial charge in [-0.2, -0.15) is 4.31 Å². The first-order valence-electron chi connectivity index (χ1n) is 10.9. The minimum absolute atomic E-state index is 0.227. The van der Waals surface area contributed by atoms with Gasteiger partial charge in [0.25, 0.3) is 5.91 Å². The lowest BCUT2D eigenvalue weighted by Gasteiger charge is -2.35. The normalized spacial score (nSPS) is 18.4. The summed E-state index contributed by atoms with van der Waals surface area (Å²) in [4.78, 5) is 26.4. The number of rotatable bonds is 5. The molecule has 0 bridgehead atoms. The van der Waals surface area contributed by atoms with Crippen molar-refractivity contribution in [2.24, 2.45) is 0 Å². The first-order chi connectivity index (χ1) is 15.2. The minimum Gasteiger partial charge on any atom is -0.481 e. The summed E-state index contributed by atoms with van der Waals surface area (Å²) in [6.45, 7) is 2.61. The molecular formula is C23H27FN2O5S. The molecule has 1 saturated carbocycles. The molecule has 2 aromatic rings. The summed E-state index contributed by atoms with van der Waals surface area (Å²) in [5.74, 6) is -1.83. The van der Waals surface area contributed by atoms with E-state index in [9.17, 15) is 27.5 Å². The van der Waals surface area contributed by atoms with E-state index in [2.05, 4.69) is 0 Å². The van der Waals surface area contributed by atoms with Crippen molar-refractivity contribution in [1.82, 2.24) is 9.21 Å². The molecule has 1 N–H and O–H groups in total. The highest BCUT2D eigenvalue weighted by Crippen LogP contribution is 2.30. The Hall–Kier alpha value is -2.52. The van der Waals surface area contributed by atoms with Gasteiger partial charge in [0.2, 0.25) is 10.0 Å². The molecule has 1 aliphatic carbocycles.